The molecule has 0 saturated carbocycles. The fraction of sp³-hybridized carbons (Fsp3) is 0.263. The van der Waals surface area contributed by atoms with E-state index in [1.54, 1.807) is 24.3 Å². The van der Waals surface area contributed by atoms with Crippen LogP contribution in [0.1, 0.15) is 28.4 Å². The third-order valence-corrected chi connectivity index (χ3v) is 4.71. The lowest BCUT2D eigenvalue weighted by atomic mass is 10.0. The van der Waals surface area contributed by atoms with Gasteiger partial charge in [0.2, 0.25) is 5.91 Å². The Morgan fingerprint density at radius 1 is 1.19 bits per heavy atom. The van der Waals surface area contributed by atoms with E-state index in [0.29, 0.717) is 11.3 Å². The summed E-state index contributed by atoms with van der Waals surface area (Å²) in [7, 11) is 0. The van der Waals surface area contributed by atoms with Crippen LogP contribution >= 0.6 is 11.8 Å². The normalized spacial score (nSPS) is 12.3. The molecule has 0 heterocycles. The molecule has 0 aromatic heterocycles. The Kier molecular flexibility index (Phi) is 7.28. The second kappa shape index (κ2) is 9.44. The second-order valence-corrected chi connectivity index (χ2v) is 6.69. The molecular weight excluding hydrogens is 377 g/mol. The number of alkyl halides is 3. The van der Waals surface area contributed by atoms with E-state index in [1.807, 2.05) is 6.07 Å². The molecule has 0 bridgehead atoms. The Bertz CT molecular complexity index is 817. The number of aliphatic hydroxyl groups excluding tert-OH is 1. The zero-order valence-electron chi connectivity index (χ0n) is 14.2. The summed E-state index contributed by atoms with van der Waals surface area (Å²) in [6.45, 7) is -0.302. The van der Waals surface area contributed by atoms with Crippen LogP contribution in [0.3, 0.4) is 0 Å². The zero-order chi connectivity index (χ0) is 19.9. The Balaban J connectivity index is 1.81. The van der Waals surface area contributed by atoms with Crippen LogP contribution < -0.4 is 5.32 Å². The quantitative estimate of drug-likeness (QED) is 0.752. The molecule has 1 atom stereocenters. The number of carbonyl (C=O) groups is 1. The highest BCUT2D eigenvalue weighted by Gasteiger charge is 2.34. The summed E-state index contributed by atoms with van der Waals surface area (Å²) in [6, 6.07) is 13.7. The van der Waals surface area contributed by atoms with Gasteiger partial charge in [-0.2, -0.15) is 18.4 Å². The van der Waals surface area contributed by atoms with Crippen LogP contribution in [-0.4, -0.2) is 23.3 Å². The van der Waals surface area contributed by atoms with Crippen molar-refractivity contribution in [2.75, 3.05) is 12.3 Å². The fourth-order valence-electron chi connectivity index (χ4n) is 2.35. The minimum atomic E-state index is -4.57. The van der Waals surface area contributed by atoms with Crippen molar-refractivity contribution in [3.05, 3.63) is 70.8 Å². The van der Waals surface area contributed by atoms with Crippen LogP contribution in [0.25, 0.3) is 0 Å². The summed E-state index contributed by atoms with van der Waals surface area (Å²) in [5.41, 5.74) is 0.318. The number of thioether (sulfide) groups is 1. The molecule has 1 amide bonds. The molecule has 142 valence electrons. The monoisotopic (exact) mass is 394 g/mol. The Hall–Kier alpha value is -2.50. The van der Waals surface area contributed by atoms with Crippen molar-refractivity contribution < 1.29 is 23.1 Å². The molecule has 1 unspecified atom stereocenters. The molecular formula is C19H17F3N2O2S. The number of nitrogens with one attached hydrogen (secondary N) is 1. The average Bonchev–Trinajstić information content (AvgIpc) is 2.66. The summed E-state index contributed by atoms with van der Waals surface area (Å²) < 4.78 is 38.9. The number of aliphatic hydroxyl groups is 1. The van der Waals surface area contributed by atoms with E-state index in [4.69, 9.17) is 5.26 Å². The molecule has 0 fully saturated rings. The lowest BCUT2D eigenvalue weighted by Gasteiger charge is -2.17. The lowest BCUT2D eigenvalue weighted by molar-refractivity contribution is -0.139. The third kappa shape index (κ3) is 6.31. The molecule has 2 rings (SSSR count). The van der Waals surface area contributed by atoms with Crippen molar-refractivity contribution in [3.8, 4) is 6.07 Å². The Morgan fingerprint density at radius 3 is 2.48 bits per heavy atom. The smallest absolute Gasteiger partial charge is 0.387 e. The van der Waals surface area contributed by atoms with Gasteiger partial charge < -0.3 is 10.4 Å². The molecule has 0 aliphatic heterocycles. The van der Waals surface area contributed by atoms with Crippen molar-refractivity contribution in [1.29, 1.82) is 5.26 Å². The number of halogens is 3. The van der Waals surface area contributed by atoms with Crippen molar-refractivity contribution >= 4 is 17.7 Å². The molecule has 0 saturated heterocycles. The van der Waals surface area contributed by atoms with Crippen molar-refractivity contribution in [2.45, 2.75) is 18.0 Å². The van der Waals surface area contributed by atoms with Gasteiger partial charge in [-0.3, -0.25) is 4.79 Å². The minimum Gasteiger partial charge on any atom is -0.387 e. The van der Waals surface area contributed by atoms with Gasteiger partial charge in [0.15, 0.2) is 0 Å². The summed E-state index contributed by atoms with van der Waals surface area (Å²) in [4.78, 5) is 11.8. The number of amides is 1. The van der Waals surface area contributed by atoms with Crippen LogP contribution in [0.5, 0.6) is 0 Å². The highest BCUT2D eigenvalue weighted by molar-refractivity contribution is 7.99. The first kappa shape index (κ1) is 20.8. The van der Waals surface area contributed by atoms with Crippen molar-refractivity contribution in [1.82, 2.24) is 5.32 Å². The van der Waals surface area contributed by atoms with Crippen molar-refractivity contribution in [2.24, 2.45) is 0 Å². The van der Waals surface area contributed by atoms with Crippen LogP contribution in [0, 0.1) is 11.3 Å². The average molecular weight is 394 g/mol. The zero-order valence-corrected chi connectivity index (χ0v) is 15.0. The predicted molar refractivity (Wildman–Crippen MR) is 96.7 cm³/mol. The van der Waals surface area contributed by atoms with Crippen LogP contribution in [0.4, 0.5) is 13.2 Å². The maximum absolute atomic E-state index is 13.0. The van der Waals surface area contributed by atoms with Crippen LogP contribution in [0.2, 0.25) is 0 Å². The first-order valence-corrected chi connectivity index (χ1v) is 9.14. The van der Waals surface area contributed by atoms with Crippen LogP contribution in [-0.2, 0) is 16.7 Å². The number of rotatable bonds is 7. The SMILES string of the molecule is N#Cc1ccc(CSCC(=O)NCC(O)c2ccccc2C(F)(F)F)cc1. The largest absolute Gasteiger partial charge is 0.416 e. The summed E-state index contributed by atoms with van der Waals surface area (Å²) in [5, 5.41) is 21.2. The van der Waals surface area contributed by atoms with Gasteiger partial charge in [-0.15, -0.1) is 11.8 Å². The van der Waals surface area contributed by atoms with Crippen molar-refractivity contribution in [3.63, 3.8) is 0 Å². The van der Waals surface area contributed by atoms with E-state index >= 15 is 0 Å². The van der Waals surface area contributed by atoms with E-state index in [-0.39, 0.29) is 23.8 Å². The molecule has 0 aliphatic carbocycles. The highest BCUT2D eigenvalue weighted by Crippen LogP contribution is 2.34. The van der Waals surface area contributed by atoms with E-state index < -0.39 is 17.8 Å². The maximum atomic E-state index is 13.0. The molecule has 0 spiro atoms. The molecule has 0 aliphatic rings. The molecule has 2 aromatic rings. The van der Waals surface area contributed by atoms with E-state index in [9.17, 15) is 23.1 Å². The molecule has 0 radical (unpaired) electrons. The standard InChI is InChI=1S/C19H17F3N2O2S/c20-19(21,22)16-4-2-1-3-15(16)17(25)10-24-18(26)12-27-11-14-7-5-13(9-23)6-8-14/h1-8,17,25H,10-12H2,(H,24,26). The number of benzene rings is 2. The number of nitrogens with zero attached hydrogens (tertiary/aromatic N) is 1. The van der Waals surface area contributed by atoms with Gasteiger partial charge in [-0.05, 0) is 29.3 Å². The maximum Gasteiger partial charge on any atom is 0.416 e. The summed E-state index contributed by atoms with van der Waals surface area (Å²) in [6.07, 6.45) is -6.02. The minimum absolute atomic E-state index is 0.105. The number of hydrogen-bond donors (Lipinski definition) is 2. The van der Waals surface area contributed by atoms with Gasteiger partial charge in [0.05, 0.1) is 29.1 Å². The topological polar surface area (TPSA) is 73.1 Å². The second-order valence-electron chi connectivity index (χ2n) is 5.71. The summed E-state index contributed by atoms with van der Waals surface area (Å²) in [5.74, 6) is 0.281. The van der Waals surface area contributed by atoms with Gasteiger partial charge in [0, 0.05) is 12.3 Å². The third-order valence-electron chi connectivity index (χ3n) is 3.70. The van der Waals surface area contributed by atoms with E-state index in [2.05, 4.69) is 5.32 Å². The van der Waals surface area contributed by atoms with Gasteiger partial charge in [-0.25, -0.2) is 0 Å². The van der Waals surface area contributed by atoms with Gasteiger partial charge in [0.1, 0.15) is 0 Å². The number of nitriles is 1. The number of carbonyl (C=O) groups excluding carboxylic acids is 1. The molecule has 4 nitrogen and oxygen atoms in total. The van der Waals surface area contributed by atoms with Gasteiger partial charge in [-0.1, -0.05) is 30.3 Å². The van der Waals surface area contributed by atoms with E-state index in [0.717, 1.165) is 11.6 Å². The Labute approximate surface area is 159 Å². The fourth-order valence-corrected chi connectivity index (χ4v) is 3.17. The van der Waals surface area contributed by atoms with Gasteiger partial charge in [0.25, 0.3) is 0 Å². The first-order valence-electron chi connectivity index (χ1n) is 7.99. The van der Waals surface area contributed by atoms with Crippen LogP contribution in [0.15, 0.2) is 48.5 Å². The molecule has 2 aromatic carbocycles. The van der Waals surface area contributed by atoms with E-state index in [1.165, 1.54) is 30.0 Å². The Morgan fingerprint density at radius 2 is 1.85 bits per heavy atom. The first-order chi connectivity index (χ1) is 12.8. The van der Waals surface area contributed by atoms with Gasteiger partial charge >= 0.3 is 6.18 Å². The lowest BCUT2D eigenvalue weighted by Crippen LogP contribution is -2.30. The predicted octanol–water partition coefficient (Wildman–Crippen LogP) is 3.66. The summed E-state index contributed by atoms with van der Waals surface area (Å²) >= 11 is 1.33. The molecule has 2 N–H and O–H groups in total. The molecule has 27 heavy (non-hydrogen) atoms. The highest BCUT2D eigenvalue weighted by atomic mass is 32.2. The number of hydrogen-bond acceptors (Lipinski definition) is 4. The molecule has 8 heteroatoms.